The van der Waals surface area contributed by atoms with Crippen LogP contribution in [0.3, 0.4) is 0 Å². The van der Waals surface area contributed by atoms with Crippen molar-refractivity contribution in [1.29, 1.82) is 0 Å². The Balaban J connectivity index is 2.17. The predicted molar refractivity (Wildman–Crippen MR) is 70.1 cm³/mol. The van der Waals surface area contributed by atoms with E-state index in [-0.39, 0.29) is 5.56 Å². The summed E-state index contributed by atoms with van der Waals surface area (Å²) in [6.45, 7) is 4.33. The van der Waals surface area contributed by atoms with Gasteiger partial charge >= 0.3 is 5.97 Å². The van der Waals surface area contributed by atoms with Gasteiger partial charge in [-0.05, 0) is 19.9 Å². The normalized spacial score (nSPS) is 10.3. The maximum atomic E-state index is 11.1. The number of hydrogen-bond donors (Lipinski definition) is 2. The number of thiazole rings is 1. The van der Waals surface area contributed by atoms with Crippen LogP contribution in [0.5, 0.6) is 0 Å². The molecule has 0 spiro atoms. The SMILES string of the molecule is Cc1cc(NCc2ncc(C)s2)c(C(=O)O)cn1. The van der Waals surface area contributed by atoms with E-state index < -0.39 is 5.97 Å². The second-order valence-electron chi connectivity index (χ2n) is 3.89. The summed E-state index contributed by atoms with van der Waals surface area (Å²) in [6, 6.07) is 1.73. The number of carboxylic acids is 1. The van der Waals surface area contributed by atoms with E-state index in [4.69, 9.17) is 5.11 Å². The van der Waals surface area contributed by atoms with Crippen molar-refractivity contribution in [3.8, 4) is 0 Å². The van der Waals surface area contributed by atoms with Gasteiger partial charge in [0.25, 0.3) is 0 Å². The molecule has 2 rings (SSSR count). The molecular weight excluding hydrogens is 250 g/mol. The summed E-state index contributed by atoms with van der Waals surface area (Å²) in [5.74, 6) is -0.986. The first kappa shape index (κ1) is 12.5. The van der Waals surface area contributed by atoms with E-state index in [0.717, 1.165) is 15.6 Å². The number of aryl methyl sites for hydroxylation is 2. The van der Waals surface area contributed by atoms with Gasteiger partial charge in [0, 0.05) is 23.0 Å². The highest BCUT2D eigenvalue weighted by Gasteiger charge is 2.11. The van der Waals surface area contributed by atoms with Gasteiger partial charge in [-0.1, -0.05) is 0 Å². The maximum absolute atomic E-state index is 11.1. The van der Waals surface area contributed by atoms with Crippen LogP contribution in [0.25, 0.3) is 0 Å². The van der Waals surface area contributed by atoms with E-state index in [1.54, 1.807) is 23.6 Å². The molecule has 0 aliphatic carbocycles. The molecule has 0 aliphatic rings. The summed E-state index contributed by atoms with van der Waals surface area (Å²) >= 11 is 1.59. The fraction of sp³-hybridized carbons (Fsp3) is 0.250. The number of pyridine rings is 1. The smallest absolute Gasteiger partial charge is 0.339 e. The number of hydrogen-bond acceptors (Lipinski definition) is 5. The first-order chi connectivity index (χ1) is 8.56. The molecular formula is C12H13N3O2S. The van der Waals surface area contributed by atoms with Crippen LogP contribution in [0.4, 0.5) is 5.69 Å². The fourth-order valence-electron chi connectivity index (χ4n) is 1.53. The van der Waals surface area contributed by atoms with Crippen LogP contribution >= 0.6 is 11.3 Å². The van der Waals surface area contributed by atoms with Crippen molar-refractivity contribution in [3.63, 3.8) is 0 Å². The minimum absolute atomic E-state index is 0.175. The van der Waals surface area contributed by atoms with Gasteiger partial charge in [0.15, 0.2) is 0 Å². The highest BCUT2D eigenvalue weighted by atomic mass is 32.1. The Hall–Kier alpha value is -1.95. The molecule has 2 aromatic rings. The third-order valence-electron chi connectivity index (χ3n) is 2.37. The summed E-state index contributed by atoms with van der Waals surface area (Å²) in [5.41, 5.74) is 1.52. The molecule has 6 heteroatoms. The average molecular weight is 263 g/mol. The molecule has 0 saturated carbocycles. The van der Waals surface area contributed by atoms with E-state index in [9.17, 15) is 4.79 Å². The average Bonchev–Trinajstić information content (AvgIpc) is 2.72. The summed E-state index contributed by atoms with van der Waals surface area (Å²) in [7, 11) is 0. The molecule has 0 radical (unpaired) electrons. The molecule has 0 aliphatic heterocycles. The van der Waals surface area contributed by atoms with E-state index in [1.165, 1.54) is 6.20 Å². The Morgan fingerprint density at radius 3 is 2.78 bits per heavy atom. The number of aromatic nitrogens is 2. The Kier molecular flexibility index (Phi) is 3.57. The first-order valence-electron chi connectivity index (χ1n) is 5.41. The second kappa shape index (κ2) is 5.14. The van der Waals surface area contributed by atoms with Crippen molar-refractivity contribution in [3.05, 3.63) is 39.6 Å². The van der Waals surface area contributed by atoms with Crippen molar-refractivity contribution in [1.82, 2.24) is 9.97 Å². The third kappa shape index (κ3) is 2.84. The summed E-state index contributed by atoms with van der Waals surface area (Å²) < 4.78 is 0. The molecule has 2 aromatic heterocycles. The van der Waals surface area contributed by atoms with Crippen LogP contribution < -0.4 is 5.32 Å². The molecule has 94 valence electrons. The van der Waals surface area contributed by atoms with Crippen LogP contribution in [-0.2, 0) is 6.54 Å². The van der Waals surface area contributed by atoms with Crippen LogP contribution in [0, 0.1) is 13.8 Å². The van der Waals surface area contributed by atoms with Crippen molar-refractivity contribution < 1.29 is 9.90 Å². The number of carboxylic acid groups (broad SMARTS) is 1. The van der Waals surface area contributed by atoms with Crippen molar-refractivity contribution in [2.24, 2.45) is 0 Å². The minimum Gasteiger partial charge on any atom is -0.478 e. The molecule has 0 amide bonds. The van der Waals surface area contributed by atoms with Gasteiger partial charge in [-0.15, -0.1) is 11.3 Å². The van der Waals surface area contributed by atoms with Gasteiger partial charge in [-0.2, -0.15) is 0 Å². The number of anilines is 1. The Morgan fingerprint density at radius 1 is 1.39 bits per heavy atom. The van der Waals surface area contributed by atoms with Crippen molar-refractivity contribution in [2.45, 2.75) is 20.4 Å². The molecule has 5 nitrogen and oxygen atoms in total. The summed E-state index contributed by atoms with van der Waals surface area (Å²) in [4.78, 5) is 20.4. The van der Waals surface area contributed by atoms with Gasteiger partial charge in [-0.3, -0.25) is 4.98 Å². The van der Waals surface area contributed by atoms with Gasteiger partial charge in [0.2, 0.25) is 0 Å². The fourth-order valence-corrected chi connectivity index (χ4v) is 2.26. The highest BCUT2D eigenvalue weighted by molar-refractivity contribution is 7.11. The number of nitrogens with zero attached hydrogens (tertiary/aromatic N) is 2. The first-order valence-corrected chi connectivity index (χ1v) is 6.23. The Labute approximate surface area is 109 Å². The summed E-state index contributed by atoms with van der Waals surface area (Å²) in [5, 5.41) is 13.1. The zero-order chi connectivity index (χ0) is 13.1. The zero-order valence-electron chi connectivity index (χ0n) is 10.1. The van der Waals surface area contributed by atoms with Gasteiger partial charge in [-0.25, -0.2) is 9.78 Å². The monoisotopic (exact) mass is 263 g/mol. The molecule has 2 N–H and O–H groups in total. The van der Waals surface area contributed by atoms with E-state index in [1.807, 2.05) is 13.8 Å². The minimum atomic E-state index is -0.986. The third-order valence-corrected chi connectivity index (χ3v) is 3.28. The molecule has 0 bridgehead atoms. The lowest BCUT2D eigenvalue weighted by Crippen LogP contribution is -2.07. The zero-order valence-corrected chi connectivity index (χ0v) is 10.9. The second-order valence-corrected chi connectivity index (χ2v) is 5.21. The molecule has 0 fully saturated rings. The van der Waals surface area contributed by atoms with E-state index in [2.05, 4.69) is 15.3 Å². The standard InChI is InChI=1S/C12H13N3O2S/c1-7-3-10(9(5-13-7)12(16)17)14-6-11-15-4-8(2)18-11/h3-5H,6H2,1-2H3,(H,13,14)(H,16,17). The van der Waals surface area contributed by atoms with Gasteiger partial charge in [0.1, 0.15) is 10.6 Å². The lowest BCUT2D eigenvalue weighted by atomic mass is 10.2. The summed E-state index contributed by atoms with van der Waals surface area (Å²) in [6.07, 6.45) is 3.17. The number of aromatic carboxylic acids is 1. The number of rotatable bonds is 4. The molecule has 2 heterocycles. The Morgan fingerprint density at radius 2 is 2.17 bits per heavy atom. The van der Waals surface area contributed by atoms with Gasteiger partial charge in [0.05, 0.1) is 12.2 Å². The lowest BCUT2D eigenvalue weighted by Gasteiger charge is -2.08. The highest BCUT2D eigenvalue weighted by Crippen LogP contribution is 2.18. The van der Waals surface area contributed by atoms with Crippen LogP contribution in [-0.4, -0.2) is 21.0 Å². The van der Waals surface area contributed by atoms with E-state index in [0.29, 0.717) is 12.2 Å². The number of carbonyl (C=O) groups is 1. The topological polar surface area (TPSA) is 75.1 Å². The van der Waals surface area contributed by atoms with E-state index >= 15 is 0 Å². The molecule has 0 saturated heterocycles. The molecule has 0 aromatic carbocycles. The largest absolute Gasteiger partial charge is 0.478 e. The van der Waals surface area contributed by atoms with Gasteiger partial charge < -0.3 is 10.4 Å². The molecule has 18 heavy (non-hydrogen) atoms. The Bertz CT molecular complexity index is 580. The molecule has 0 unspecified atom stereocenters. The maximum Gasteiger partial charge on any atom is 0.339 e. The van der Waals surface area contributed by atoms with Crippen molar-refractivity contribution in [2.75, 3.05) is 5.32 Å². The van der Waals surface area contributed by atoms with Crippen LogP contribution in [0.2, 0.25) is 0 Å². The quantitative estimate of drug-likeness (QED) is 0.886. The van der Waals surface area contributed by atoms with Crippen LogP contribution in [0.1, 0.15) is 25.9 Å². The van der Waals surface area contributed by atoms with Crippen molar-refractivity contribution >= 4 is 23.0 Å². The lowest BCUT2D eigenvalue weighted by molar-refractivity contribution is 0.0697. The van der Waals surface area contributed by atoms with Crippen LogP contribution in [0.15, 0.2) is 18.5 Å². The predicted octanol–water partition coefficient (Wildman–Crippen LogP) is 2.47. The molecule has 0 atom stereocenters. The number of nitrogens with one attached hydrogen (secondary N) is 1.